The summed E-state index contributed by atoms with van der Waals surface area (Å²) in [7, 11) is -2.23. The third-order valence-electron chi connectivity index (χ3n) is 4.60. The van der Waals surface area contributed by atoms with Crippen molar-refractivity contribution in [1.82, 2.24) is 0 Å². The van der Waals surface area contributed by atoms with Crippen LogP contribution in [0.1, 0.15) is 16.7 Å². The minimum atomic E-state index is -3.70. The van der Waals surface area contributed by atoms with Crippen LogP contribution in [0.5, 0.6) is 5.75 Å². The highest BCUT2D eigenvalue weighted by Crippen LogP contribution is 2.27. The summed E-state index contributed by atoms with van der Waals surface area (Å²) >= 11 is 0. The second kappa shape index (κ2) is 9.95. The van der Waals surface area contributed by atoms with Crippen molar-refractivity contribution in [1.29, 1.82) is 0 Å². The molecule has 0 aliphatic carbocycles. The lowest BCUT2D eigenvalue weighted by molar-refractivity contribution is -0.131. The fraction of sp³-hybridized carbons (Fsp3) is 0.125. The number of carboxylic acids is 1. The molecule has 0 spiro atoms. The van der Waals surface area contributed by atoms with Gasteiger partial charge in [-0.1, -0.05) is 60.7 Å². The molecule has 0 fully saturated rings. The molecule has 0 bridgehead atoms. The summed E-state index contributed by atoms with van der Waals surface area (Å²) in [5.74, 6) is -0.585. The van der Waals surface area contributed by atoms with Gasteiger partial charge in [-0.3, -0.25) is 4.31 Å². The molecule has 3 aromatic carbocycles. The molecule has 0 saturated carbocycles. The zero-order valence-electron chi connectivity index (χ0n) is 17.0. The number of sulfonamides is 1. The molecule has 31 heavy (non-hydrogen) atoms. The quantitative estimate of drug-likeness (QED) is 0.504. The van der Waals surface area contributed by atoms with E-state index in [1.54, 1.807) is 42.5 Å². The van der Waals surface area contributed by atoms with Crippen molar-refractivity contribution in [2.45, 2.75) is 12.4 Å². The fourth-order valence-corrected chi connectivity index (χ4v) is 4.23. The van der Waals surface area contributed by atoms with Crippen LogP contribution in [-0.4, -0.2) is 26.5 Å². The second-order valence-electron chi connectivity index (χ2n) is 6.88. The SMILES string of the molecule is CN(c1cc(COc2ccccc2)ccc1/C=C/C(=O)O)S(=O)(=O)Cc1ccccc1. The molecule has 0 atom stereocenters. The van der Waals surface area contributed by atoms with Crippen LogP contribution in [0.2, 0.25) is 0 Å². The molecule has 0 aliphatic heterocycles. The Morgan fingerprint density at radius 1 is 0.968 bits per heavy atom. The number of hydrogen-bond donors (Lipinski definition) is 1. The van der Waals surface area contributed by atoms with E-state index in [4.69, 9.17) is 9.84 Å². The van der Waals surface area contributed by atoms with Crippen molar-refractivity contribution in [2.24, 2.45) is 0 Å². The van der Waals surface area contributed by atoms with Gasteiger partial charge in [0, 0.05) is 13.1 Å². The summed E-state index contributed by atoms with van der Waals surface area (Å²) in [6.45, 7) is 0.243. The van der Waals surface area contributed by atoms with E-state index in [1.807, 2.05) is 36.4 Å². The molecule has 0 aliphatic rings. The van der Waals surface area contributed by atoms with E-state index in [9.17, 15) is 13.2 Å². The van der Waals surface area contributed by atoms with E-state index in [2.05, 4.69) is 0 Å². The minimum Gasteiger partial charge on any atom is -0.489 e. The number of hydrogen-bond acceptors (Lipinski definition) is 4. The summed E-state index contributed by atoms with van der Waals surface area (Å²) in [6.07, 6.45) is 2.37. The van der Waals surface area contributed by atoms with Gasteiger partial charge in [0.1, 0.15) is 12.4 Å². The standard InChI is InChI=1S/C24H23NO5S/c1-25(31(28,29)18-19-8-4-2-5-9-19)23-16-20(12-13-21(23)14-15-24(26)27)17-30-22-10-6-3-7-11-22/h2-16H,17-18H2,1H3,(H,26,27)/b15-14+. The number of nitrogens with zero attached hydrogens (tertiary/aromatic N) is 1. The van der Waals surface area contributed by atoms with Gasteiger partial charge in [0.05, 0.1) is 11.4 Å². The molecular weight excluding hydrogens is 414 g/mol. The third kappa shape index (κ3) is 6.20. The fourth-order valence-electron chi connectivity index (χ4n) is 2.97. The average molecular weight is 438 g/mol. The van der Waals surface area contributed by atoms with E-state index in [1.165, 1.54) is 17.4 Å². The highest BCUT2D eigenvalue weighted by molar-refractivity contribution is 7.92. The maximum atomic E-state index is 13.0. The van der Waals surface area contributed by atoms with Crippen molar-refractivity contribution in [3.8, 4) is 5.75 Å². The molecule has 0 heterocycles. The van der Waals surface area contributed by atoms with Crippen molar-refractivity contribution >= 4 is 27.8 Å². The Morgan fingerprint density at radius 2 is 1.61 bits per heavy atom. The van der Waals surface area contributed by atoms with Crippen molar-refractivity contribution in [3.63, 3.8) is 0 Å². The molecule has 0 radical (unpaired) electrons. The number of aliphatic carboxylic acids is 1. The van der Waals surface area contributed by atoms with Crippen LogP contribution in [0.3, 0.4) is 0 Å². The van der Waals surface area contributed by atoms with Crippen molar-refractivity contribution in [2.75, 3.05) is 11.4 Å². The molecule has 0 aromatic heterocycles. The lowest BCUT2D eigenvalue weighted by atomic mass is 10.1. The number of para-hydroxylation sites is 1. The molecule has 0 amide bonds. The van der Waals surface area contributed by atoms with Gasteiger partial charge in [0.15, 0.2) is 0 Å². The first kappa shape index (κ1) is 22.1. The van der Waals surface area contributed by atoms with Crippen LogP contribution in [0.25, 0.3) is 6.08 Å². The lowest BCUT2D eigenvalue weighted by Crippen LogP contribution is -2.28. The van der Waals surface area contributed by atoms with Gasteiger partial charge in [-0.25, -0.2) is 13.2 Å². The van der Waals surface area contributed by atoms with E-state index in [0.29, 0.717) is 22.6 Å². The van der Waals surface area contributed by atoms with Gasteiger partial charge in [-0.15, -0.1) is 0 Å². The molecule has 0 unspecified atom stereocenters. The highest BCUT2D eigenvalue weighted by Gasteiger charge is 2.21. The smallest absolute Gasteiger partial charge is 0.328 e. The number of carbonyl (C=O) groups is 1. The lowest BCUT2D eigenvalue weighted by Gasteiger charge is -2.22. The summed E-state index contributed by atoms with van der Waals surface area (Å²) < 4.78 is 33.0. The Hall–Kier alpha value is -3.58. The number of anilines is 1. The van der Waals surface area contributed by atoms with Crippen LogP contribution in [0.4, 0.5) is 5.69 Å². The average Bonchev–Trinajstić information content (AvgIpc) is 2.77. The largest absolute Gasteiger partial charge is 0.489 e. The maximum Gasteiger partial charge on any atom is 0.328 e. The molecule has 3 aromatic rings. The third-order valence-corrected chi connectivity index (χ3v) is 6.33. The summed E-state index contributed by atoms with van der Waals surface area (Å²) in [5, 5.41) is 8.99. The van der Waals surface area contributed by atoms with Crippen LogP contribution in [-0.2, 0) is 27.2 Å². The van der Waals surface area contributed by atoms with Gasteiger partial charge in [0.2, 0.25) is 10.0 Å². The molecule has 1 N–H and O–H groups in total. The minimum absolute atomic E-state index is 0.169. The van der Waals surface area contributed by atoms with E-state index >= 15 is 0 Å². The number of benzene rings is 3. The van der Waals surface area contributed by atoms with Crippen LogP contribution in [0.15, 0.2) is 84.9 Å². The number of rotatable bonds is 9. The Kier molecular flexibility index (Phi) is 7.10. The summed E-state index contributed by atoms with van der Waals surface area (Å²) in [5.41, 5.74) is 2.28. The predicted octanol–water partition coefficient (Wildman–Crippen LogP) is 4.33. The Morgan fingerprint density at radius 3 is 2.26 bits per heavy atom. The van der Waals surface area contributed by atoms with Gasteiger partial charge in [-0.2, -0.15) is 0 Å². The molecular formula is C24H23NO5S. The van der Waals surface area contributed by atoms with Gasteiger partial charge in [0.25, 0.3) is 0 Å². The second-order valence-corrected chi connectivity index (χ2v) is 8.88. The number of ether oxygens (including phenoxy) is 1. The topological polar surface area (TPSA) is 83.9 Å². The molecule has 160 valence electrons. The normalized spacial score (nSPS) is 11.4. The first-order chi connectivity index (χ1) is 14.8. The van der Waals surface area contributed by atoms with Crippen LogP contribution >= 0.6 is 0 Å². The Bertz CT molecular complexity index is 1160. The van der Waals surface area contributed by atoms with Gasteiger partial charge >= 0.3 is 5.97 Å². The van der Waals surface area contributed by atoms with Crippen LogP contribution in [0, 0.1) is 0 Å². The molecule has 7 heteroatoms. The summed E-state index contributed by atoms with van der Waals surface area (Å²) in [4.78, 5) is 11.0. The first-order valence-corrected chi connectivity index (χ1v) is 11.2. The molecule has 6 nitrogen and oxygen atoms in total. The predicted molar refractivity (Wildman–Crippen MR) is 121 cm³/mol. The van der Waals surface area contributed by atoms with Crippen molar-refractivity contribution < 1.29 is 23.1 Å². The van der Waals surface area contributed by atoms with Crippen LogP contribution < -0.4 is 9.04 Å². The Balaban J connectivity index is 1.91. The number of carboxylic acid groups (broad SMARTS) is 1. The Labute approximate surface area is 182 Å². The first-order valence-electron chi connectivity index (χ1n) is 9.57. The summed E-state index contributed by atoms with van der Waals surface area (Å²) in [6, 6.07) is 23.4. The van der Waals surface area contributed by atoms with Gasteiger partial charge in [-0.05, 0) is 41.0 Å². The monoisotopic (exact) mass is 437 g/mol. The maximum absolute atomic E-state index is 13.0. The van der Waals surface area contributed by atoms with Crippen molar-refractivity contribution in [3.05, 3.63) is 102 Å². The zero-order chi connectivity index (χ0) is 22.3. The highest BCUT2D eigenvalue weighted by atomic mass is 32.2. The molecule has 3 rings (SSSR count). The molecule has 0 saturated heterocycles. The van der Waals surface area contributed by atoms with E-state index < -0.39 is 16.0 Å². The zero-order valence-corrected chi connectivity index (χ0v) is 17.8. The van der Waals surface area contributed by atoms with E-state index in [-0.39, 0.29) is 12.4 Å². The van der Waals surface area contributed by atoms with Gasteiger partial charge < -0.3 is 9.84 Å². The van der Waals surface area contributed by atoms with E-state index in [0.717, 1.165) is 11.6 Å².